The summed E-state index contributed by atoms with van der Waals surface area (Å²) in [6.45, 7) is 1.85. The first-order valence-electron chi connectivity index (χ1n) is 8.53. The molecule has 0 bridgehead atoms. The lowest BCUT2D eigenvalue weighted by Crippen LogP contribution is -2.33. The molecule has 1 amide bonds. The Morgan fingerprint density at radius 2 is 1.96 bits per heavy atom. The number of likely N-dealkylation sites (N-methyl/N-ethyl adjacent to an activating group) is 1. The number of aromatic amines is 1. The summed E-state index contributed by atoms with van der Waals surface area (Å²) in [4.78, 5) is 15.8. The number of carbonyl (C=O) groups is 1. The molecular weight excluding hydrogens is 376 g/mol. The van der Waals surface area contributed by atoms with Crippen molar-refractivity contribution in [2.24, 2.45) is 0 Å². The number of hydrogen-bond donors (Lipinski definition) is 1. The van der Waals surface area contributed by atoms with Crippen LogP contribution < -0.4 is 4.90 Å². The van der Waals surface area contributed by atoms with Crippen LogP contribution >= 0.6 is 23.6 Å². The van der Waals surface area contributed by atoms with Gasteiger partial charge in [-0.1, -0.05) is 36.4 Å². The first kappa shape index (κ1) is 17.6. The second-order valence-electron chi connectivity index (χ2n) is 6.30. The van der Waals surface area contributed by atoms with E-state index < -0.39 is 6.04 Å². The summed E-state index contributed by atoms with van der Waals surface area (Å²) in [6, 6.07) is 17.6. The van der Waals surface area contributed by atoms with Crippen molar-refractivity contribution in [1.82, 2.24) is 14.8 Å². The number of aromatic nitrogens is 3. The largest absolute Gasteiger partial charge is 0.314 e. The van der Waals surface area contributed by atoms with Gasteiger partial charge in [0, 0.05) is 12.7 Å². The maximum Gasteiger partial charge on any atom is 0.249 e. The average molecular weight is 395 g/mol. The van der Waals surface area contributed by atoms with Gasteiger partial charge in [0.05, 0.1) is 4.88 Å². The second kappa shape index (κ2) is 7.09. The molecule has 0 aliphatic carbocycles. The normalized spacial score (nSPS) is 12.2. The van der Waals surface area contributed by atoms with E-state index in [1.165, 1.54) is 0 Å². The van der Waals surface area contributed by atoms with E-state index in [2.05, 4.69) is 16.3 Å². The van der Waals surface area contributed by atoms with Crippen LogP contribution in [0.15, 0.2) is 60.0 Å². The number of H-pyrrole nitrogens is 1. The maximum atomic E-state index is 13.2. The number of rotatable bonds is 4. The molecule has 7 heteroatoms. The van der Waals surface area contributed by atoms with Gasteiger partial charge < -0.3 is 4.90 Å². The highest BCUT2D eigenvalue weighted by molar-refractivity contribution is 7.71. The van der Waals surface area contributed by atoms with Crippen molar-refractivity contribution in [2.75, 3.05) is 11.9 Å². The third-order valence-electron chi connectivity index (χ3n) is 4.64. The van der Waals surface area contributed by atoms with Gasteiger partial charge in [-0.2, -0.15) is 5.10 Å². The van der Waals surface area contributed by atoms with Crippen molar-refractivity contribution >= 4 is 45.9 Å². The number of anilines is 1. The molecule has 0 radical (unpaired) electrons. The predicted octanol–water partition coefficient (Wildman–Crippen LogP) is 5.05. The molecule has 0 saturated heterocycles. The van der Waals surface area contributed by atoms with Gasteiger partial charge in [-0.15, -0.1) is 11.3 Å². The van der Waals surface area contributed by atoms with Crippen LogP contribution in [0.4, 0.5) is 5.69 Å². The summed E-state index contributed by atoms with van der Waals surface area (Å²) in [5.41, 5.74) is 0.846. The van der Waals surface area contributed by atoms with Crippen molar-refractivity contribution < 1.29 is 4.79 Å². The molecule has 5 nitrogen and oxygen atoms in total. The van der Waals surface area contributed by atoms with Gasteiger partial charge in [0.15, 0.2) is 10.6 Å². The molecular formula is C20H18N4OS2. The minimum Gasteiger partial charge on any atom is -0.314 e. The Bertz CT molecular complexity index is 1160. The zero-order chi connectivity index (χ0) is 19.0. The molecule has 0 spiro atoms. The summed E-state index contributed by atoms with van der Waals surface area (Å²) in [7, 11) is 1.79. The first-order valence-corrected chi connectivity index (χ1v) is 9.82. The van der Waals surface area contributed by atoms with Crippen LogP contribution in [0.2, 0.25) is 0 Å². The van der Waals surface area contributed by atoms with Crippen molar-refractivity contribution in [2.45, 2.75) is 13.0 Å². The smallest absolute Gasteiger partial charge is 0.249 e. The fourth-order valence-corrected chi connectivity index (χ4v) is 4.15. The number of hydrogen-bond acceptors (Lipinski definition) is 4. The fraction of sp³-hybridized carbons (Fsp3) is 0.150. The minimum absolute atomic E-state index is 0.0550. The van der Waals surface area contributed by atoms with Gasteiger partial charge in [0.25, 0.3) is 0 Å². The van der Waals surface area contributed by atoms with Crippen molar-refractivity contribution in [3.05, 3.63) is 64.7 Å². The average Bonchev–Trinajstić information content (AvgIpc) is 3.35. The van der Waals surface area contributed by atoms with E-state index in [1.54, 1.807) is 27.9 Å². The maximum absolute atomic E-state index is 13.2. The lowest BCUT2D eigenvalue weighted by Gasteiger charge is -2.23. The van der Waals surface area contributed by atoms with E-state index in [9.17, 15) is 4.79 Å². The van der Waals surface area contributed by atoms with E-state index in [1.807, 2.05) is 60.8 Å². The molecule has 0 saturated carbocycles. The molecule has 4 aromatic rings. The Labute approximate surface area is 165 Å². The number of thiophene rings is 1. The van der Waals surface area contributed by atoms with Crippen molar-refractivity contribution in [3.63, 3.8) is 0 Å². The molecule has 136 valence electrons. The van der Waals surface area contributed by atoms with E-state index in [-0.39, 0.29) is 5.91 Å². The van der Waals surface area contributed by atoms with Gasteiger partial charge in [0.2, 0.25) is 5.91 Å². The molecule has 0 aliphatic heterocycles. The SMILES string of the molecule is CC(C(=O)N(C)c1ccc2ccccc2c1)n1c(-c2cccs2)n[nH]c1=S. The Hall–Kier alpha value is -2.77. The van der Waals surface area contributed by atoms with E-state index in [0.717, 1.165) is 21.3 Å². The van der Waals surface area contributed by atoms with Crippen molar-refractivity contribution in [3.8, 4) is 10.7 Å². The summed E-state index contributed by atoms with van der Waals surface area (Å²) >= 11 is 6.95. The minimum atomic E-state index is -0.482. The van der Waals surface area contributed by atoms with Crippen LogP contribution in [0.1, 0.15) is 13.0 Å². The summed E-state index contributed by atoms with van der Waals surface area (Å²) in [5.74, 6) is 0.628. The van der Waals surface area contributed by atoms with Gasteiger partial charge in [-0.3, -0.25) is 14.5 Å². The summed E-state index contributed by atoms with van der Waals surface area (Å²) < 4.78 is 2.22. The van der Waals surface area contributed by atoms with Gasteiger partial charge >= 0.3 is 0 Å². The molecule has 2 heterocycles. The molecule has 1 atom stereocenters. The number of nitrogens with zero attached hydrogens (tertiary/aromatic N) is 3. The Morgan fingerprint density at radius 3 is 2.70 bits per heavy atom. The van der Waals surface area contributed by atoms with Gasteiger partial charge in [0.1, 0.15) is 6.04 Å². The third kappa shape index (κ3) is 3.20. The van der Waals surface area contributed by atoms with Gasteiger partial charge in [-0.05, 0) is 53.5 Å². The molecule has 4 rings (SSSR count). The molecule has 2 aromatic heterocycles. The van der Waals surface area contributed by atoms with Crippen LogP contribution in [0.25, 0.3) is 21.5 Å². The number of carbonyl (C=O) groups excluding carboxylic acids is 1. The van der Waals surface area contributed by atoms with Crippen LogP contribution in [-0.2, 0) is 4.79 Å². The predicted molar refractivity (Wildman–Crippen MR) is 113 cm³/mol. The molecule has 1 unspecified atom stereocenters. The molecule has 1 N–H and O–H groups in total. The van der Waals surface area contributed by atoms with Crippen LogP contribution in [0, 0.1) is 4.77 Å². The van der Waals surface area contributed by atoms with Crippen LogP contribution in [-0.4, -0.2) is 27.7 Å². The third-order valence-corrected chi connectivity index (χ3v) is 5.80. The highest BCUT2D eigenvalue weighted by Crippen LogP contribution is 2.28. The summed E-state index contributed by atoms with van der Waals surface area (Å²) in [6.07, 6.45) is 0. The highest BCUT2D eigenvalue weighted by Gasteiger charge is 2.24. The van der Waals surface area contributed by atoms with Crippen molar-refractivity contribution in [1.29, 1.82) is 0 Å². The van der Waals surface area contributed by atoms with Crippen LogP contribution in [0.3, 0.4) is 0 Å². The lowest BCUT2D eigenvalue weighted by molar-refractivity contribution is -0.121. The molecule has 0 fully saturated rings. The molecule has 0 aliphatic rings. The zero-order valence-corrected chi connectivity index (χ0v) is 16.6. The number of benzene rings is 2. The number of amides is 1. The highest BCUT2D eigenvalue weighted by atomic mass is 32.1. The molecule has 2 aromatic carbocycles. The topological polar surface area (TPSA) is 53.9 Å². The van der Waals surface area contributed by atoms with E-state index in [0.29, 0.717) is 10.6 Å². The lowest BCUT2D eigenvalue weighted by atomic mass is 10.1. The van der Waals surface area contributed by atoms with Crippen LogP contribution in [0.5, 0.6) is 0 Å². The van der Waals surface area contributed by atoms with Gasteiger partial charge in [-0.25, -0.2) is 0 Å². The number of nitrogens with one attached hydrogen (secondary N) is 1. The quantitative estimate of drug-likeness (QED) is 0.493. The first-order chi connectivity index (χ1) is 13.1. The summed E-state index contributed by atoms with van der Waals surface area (Å²) in [5, 5.41) is 11.4. The van der Waals surface area contributed by atoms with E-state index in [4.69, 9.17) is 12.2 Å². The fourth-order valence-electron chi connectivity index (χ4n) is 3.15. The standard InChI is InChI=1S/C20H18N4OS2/c1-13(24-18(21-22-20(24)26)17-8-5-11-27-17)19(25)23(2)16-10-9-14-6-3-4-7-15(14)12-16/h3-13H,1-2H3,(H,22,26). The monoisotopic (exact) mass is 394 g/mol. The Kier molecular flexibility index (Phi) is 4.63. The Morgan fingerprint density at radius 1 is 1.19 bits per heavy atom. The number of fused-ring (bicyclic) bond motifs is 1. The Balaban J connectivity index is 1.68. The zero-order valence-electron chi connectivity index (χ0n) is 14.9. The second-order valence-corrected chi connectivity index (χ2v) is 7.64. The van der Waals surface area contributed by atoms with E-state index >= 15 is 0 Å². The molecule has 27 heavy (non-hydrogen) atoms.